The Morgan fingerprint density at radius 3 is 2.47 bits per heavy atom. The van der Waals surface area contributed by atoms with Crippen LogP contribution in [0.3, 0.4) is 0 Å². The molecule has 1 aromatic carbocycles. The molecule has 0 aromatic heterocycles. The molecule has 0 aliphatic heterocycles. The first kappa shape index (κ1) is 15.8. The van der Waals surface area contributed by atoms with Crippen LogP contribution in [0.5, 0.6) is 0 Å². The number of aryl methyl sites for hydroxylation is 2. The molecular formula is C14H14ClF3O. The number of hydrogen-bond acceptors (Lipinski definition) is 1. The van der Waals surface area contributed by atoms with Crippen LogP contribution in [0.1, 0.15) is 40.4 Å². The van der Waals surface area contributed by atoms with Crippen LogP contribution in [-0.4, -0.2) is 5.24 Å². The first-order chi connectivity index (χ1) is 8.77. The van der Waals surface area contributed by atoms with Crippen LogP contribution in [0.2, 0.25) is 0 Å². The van der Waals surface area contributed by atoms with E-state index in [0.29, 0.717) is 12.0 Å². The van der Waals surface area contributed by atoms with E-state index in [9.17, 15) is 18.0 Å². The second-order valence-electron chi connectivity index (χ2n) is 4.20. The molecule has 0 heterocycles. The number of alkyl halides is 3. The van der Waals surface area contributed by atoms with Crippen molar-refractivity contribution in [2.75, 3.05) is 0 Å². The van der Waals surface area contributed by atoms with Gasteiger partial charge in [0.25, 0.3) is 5.24 Å². The highest BCUT2D eigenvalue weighted by Crippen LogP contribution is 2.34. The van der Waals surface area contributed by atoms with Crippen LogP contribution in [0, 0.1) is 6.92 Å². The molecule has 1 aromatic rings. The highest BCUT2D eigenvalue weighted by molar-refractivity contribution is 6.67. The molecule has 5 heteroatoms. The average molecular weight is 291 g/mol. The molecule has 0 fully saturated rings. The molecule has 0 saturated heterocycles. The van der Waals surface area contributed by atoms with Gasteiger partial charge in [-0.15, -0.1) is 0 Å². The molecule has 1 nitrogen and oxygen atoms in total. The lowest BCUT2D eigenvalue weighted by atomic mass is 9.96. The molecule has 1 rings (SSSR count). The van der Waals surface area contributed by atoms with Gasteiger partial charge in [0.05, 0.1) is 5.56 Å². The summed E-state index contributed by atoms with van der Waals surface area (Å²) in [6.45, 7) is 3.39. The molecule has 0 unspecified atom stereocenters. The number of halogens is 4. The van der Waals surface area contributed by atoms with Crippen molar-refractivity contribution < 1.29 is 18.0 Å². The summed E-state index contributed by atoms with van der Waals surface area (Å²) < 4.78 is 38.9. The zero-order chi connectivity index (χ0) is 14.6. The quantitative estimate of drug-likeness (QED) is 0.569. The van der Waals surface area contributed by atoms with E-state index in [-0.39, 0.29) is 17.5 Å². The van der Waals surface area contributed by atoms with E-state index >= 15 is 0 Å². The molecular weight excluding hydrogens is 277 g/mol. The Kier molecular flexibility index (Phi) is 5.18. The van der Waals surface area contributed by atoms with Crippen molar-refractivity contribution in [2.45, 2.75) is 32.9 Å². The number of allylic oxidation sites excluding steroid dienone is 2. The van der Waals surface area contributed by atoms with Crippen LogP contribution < -0.4 is 0 Å². The SMILES string of the molecule is CC=CCCc1cc(C)c(C(=O)Cl)cc1C(F)(F)F. The summed E-state index contributed by atoms with van der Waals surface area (Å²) in [6.07, 6.45) is -0.100. The number of carbonyl (C=O) groups excluding carboxylic acids is 1. The van der Waals surface area contributed by atoms with E-state index in [0.717, 1.165) is 6.07 Å². The monoisotopic (exact) mass is 290 g/mol. The Balaban J connectivity index is 3.28. The minimum absolute atomic E-state index is 0.0937. The van der Waals surface area contributed by atoms with Crippen molar-refractivity contribution in [2.24, 2.45) is 0 Å². The van der Waals surface area contributed by atoms with Gasteiger partial charge in [-0.1, -0.05) is 18.2 Å². The van der Waals surface area contributed by atoms with E-state index in [1.165, 1.54) is 6.07 Å². The summed E-state index contributed by atoms with van der Waals surface area (Å²) in [5.74, 6) is 0. The number of hydrogen-bond donors (Lipinski definition) is 0. The molecule has 104 valence electrons. The van der Waals surface area contributed by atoms with Gasteiger partial charge < -0.3 is 0 Å². The molecule has 0 saturated carbocycles. The largest absolute Gasteiger partial charge is 0.416 e. The van der Waals surface area contributed by atoms with Crippen molar-refractivity contribution in [1.29, 1.82) is 0 Å². The average Bonchev–Trinajstić information content (AvgIpc) is 2.27. The fraction of sp³-hybridized carbons (Fsp3) is 0.357. The van der Waals surface area contributed by atoms with E-state index < -0.39 is 17.0 Å². The number of carbonyl (C=O) groups is 1. The second kappa shape index (κ2) is 6.24. The molecule has 0 radical (unpaired) electrons. The molecule has 0 amide bonds. The van der Waals surface area contributed by atoms with Crippen molar-refractivity contribution in [3.8, 4) is 0 Å². The summed E-state index contributed by atoms with van der Waals surface area (Å²) in [6, 6.07) is 2.23. The standard InChI is InChI=1S/C14H14ClF3O/c1-3-4-5-6-10-7-9(2)11(13(15)19)8-12(10)14(16,17)18/h3-4,7-8H,5-6H2,1-2H3. The molecule has 0 bridgehead atoms. The maximum absolute atomic E-state index is 13.0. The zero-order valence-corrected chi connectivity index (χ0v) is 11.4. The van der Waals surface area contributed by atoms with Crippen molar-refractivity contribution >= 4 is 16.8 Å². The van der Waals surface area contributed by atoms with Gasteiger partial charge in [-0.25, -0.2) is 0 Å². The fourth-order valence-corrected chi connectivity index (χ4v) is 2.06. The fourth-order valence-electron chi connectivity index (χ4n) is 1.86. The van der Waals surface area contributed by atoms with Crippen molar-refractivity contribution in [3.05, 3.63) is 46.5 Å². The molecule has 0 atom stereocenters. The Bertz CT molecular complexity index is 504. The summed E-state index contributed by atoms with van der Waals surface area (Å²) >= 11 is 5.29. The van der Waals surface area contributed by atoms with Crippen molar-refractivity contribution in [1.82, 2.24) is 0 Å². The summed E-state index contributed by atoms with van der Waals surface area (Å²) in [5.41, 5.74) is -0.233. The molecule has 19 heavy (non-hydrogen) atoms. The molecule has 0 aliphatic rings. The highest BCUT2D eigenvalue weighted by atomic mass is 35.5. The van der Waals surface area contributed by atoms with Crippen LogP contribution in [0.25, 0.3) is 0 Å². The first-order valence-corrected chi connectivity index (χ1v) is 6.17. The molecule has 0 aliphatic carbocycles. The topological polar surface area (TPSA) is 17.1 Å². The van der Waals surface area contributed by atoms with Crippen molar-refractivity contribution in [3.63, 3.8) is 0 Å². The smallest absolute Gasteiger partial charge is 0.276 e. The Hall–Kier alpha value is -1.29. The lowest BCUT2D eigenvalue weighted by molar-refractivity contribution is -0.138. The van der Waals surface area contributed by atoms with E-state index in [1.807, 2.05) is 6.92 Å². The minimum Gasteiger partial charge on any atom is -0.276 e. The van der Waals surface area contributed by atoms with Gasteiger partial charge in [-0.05, 0) is 55.5 Å². The third kappa shape index (κ3) is 4.10. The van der Waals surface area contributed by atoms with Gasteiger partial charge in [0.15, 0.2) is 0 Å². The van der Waals surface area contributed by atoms with Gasteiger partial charge in [-0.2, -0.15) is 13.2 Å². The van der Waals surface area contributed by atoms with E-state index in [1.54, 1.807) is 19.1 Å². The maximum atomic E-state index is 13.0. The van der Waals surface area contributed by atoms with Crippen LogP contribution >= 0.6 is 11.6 Å². The van der Waals surface area contributed by atoms with Crippen LogP contribution in [0.15, 0.2) is 24.3 Å². The Morgan fingerprint density at radius 2 is 2.00 bits per heavy atom. The van der Waals surface area contributed by atoms with Gasteiger partial charge in [0.1, 0.15) is 0 Å². The van der Waals surface area contributed by atoms with Gasteiger partial charge in [0.2, 0.25) is 0 Å². The predicted molar refractivity (Wildman–Crippen MR) is 69.5 cm³/mol. The lowest BCUT2D eigenvalue weighted by Crippen LogP contribution is -2.12. The van der Waals surface area contributed by atoms with Crippen LogP contribution in [-0.2, 0) is 12.6 Å². The molecule has 0 spiro atoms. The minimum atomic E-state index is -4.49. The summed E-state index contributed by atoms with van der Waals surface area (Å²) in [4.78, 5) is 11.1. The normalized spacial score (nSPS) is 12.1. The van der Waals surface area contributed by atoms with Gasteiger partial charge in [0, 0.05) is 5.56 Å². The van der Waals surface area contributed by atoms with Gasteiger partial charge in [-0.3, -0.25) is 4.79 Å². The Labute approximate surface area is 115 Å². The second-order valence-corrected chi connectivity index (χ2v) is 4.55. The number of benzene rings is 1. The summed E-state index contributed by atoms with van der Waals surface area (Å²) in [5, 5.41) is -0.872. The van der Waals surface area contributed by atoms with E-state index in [2.05, 4.69) is 0 Å². The molecule has 0 N–H and O–H groups in total. The third-order valence-electron chi connectivity index (χ3n) is 2.78. The lowest BCUT2D eigenvalue weighted by Gasteiger charge is -2.15. The third-order valence-corrected chi connectivity index (χ3v) is 2.99. The van der Waals surface area contributed by atoms with Crippen LogP contribution in [0.4, 0.5) is 13.2 Å². The van der Waals surface area contributed by atoms with Gasteiger partial charge >= 0.3 is 6.18 Å². The predicted octanol–water partition coefficient (Wildman–Crippen LogP) is 4.90. The van der Waals surface area contributed by atoms with E-state index in [4.69, 9.17) is 11.6 Å². The Morgan fingerprint density at radius 1 is 1.37 bits per heavy atom. The highest BCUT2D eigenvalue weighted by Gasteiger charge is 2.34. The summed E-state index contributed by atoms with van der Waals surface area (Å²) in [7, 11) is 0. The maximum Gasteiger partial charge on any atom is 0.416 e. The zero-order valence-electron chi connectivity index (χ0n) is 10.6. The number of rotatable bonds is 4. The first-order valence-electron chi connectivity index (χ1n) is 5.79.